The van der Waals surface area contributed by atoms with Gasteiger partial charge in [0.1, 0.15) is 11.9 Å². The number of nitrogens with zero attached hydrogens (tertiary/aromatic N) is 4. The van der Waals surface area contributed by atoms with Gasteiger partial charge >= 0.3 is 0 Å². The Bertz CT molecular complexity index is 779. The molecule has 3 heterocycles. The van der Waals surface area contributed by atoms with Crippen LogP contribution >= 0.6 is 0 Å². The summed E-state index contributed by atoms with van der Waals surface area (Å²) in [7, 11) is 1.90. The molecule has 4 rings (SSSR count). The highest BCUT2D eigenvalue weighted by atomic mass is 16.2. The van der Waals surface area contributed by atoms with Crippen LogP contribution in [0.2, 0.25) is 0 Å². The van der Waals surface area contributed by atoms with Crippen LogP contribution in [0.1, 0.15) is 23.2 Å². The van der Waals surface area contributed by atoms with E-state index in [-0.39, 0.29) is 11.9 Å². The first-order valence-corrected chi connectivity index (χ1v) is 8.23. The summed E-state index contributed by atoms with van der Waals surface area (Å²) in [5.41, 5.74) is 4.80. The number of carbonyl (C=O) groups is 1. The Balaban J connectivity index is 1.62. The summed E-state index contributed by atoms with van der Waals surface area (Å²) < 4.78 is 1.80. The molecule has 120 valence electrons. The fourth-order valence-corrected chi connectivity index (χ4v) is 3.87. The number of hydrogen-bond acceptors (Lipinski definition) is 3. The van der Waals surface area contributed by atoms with Gasteiger partial charge in [0.2, 0.25) is 0 Å². The van der Waals surface area contributed by atoms with E-state index in [4.69, 9.17) is 0 Å². The third kappa shape index (κ3) is 2.22. The van der Waals surface area contributed by atoms with E-state index in [1.165, 1.54) is 16.8 Å². The van der Waals surface area contributed by atoms with Crippen molar-refractivity contribution in [3.8, 4) is 0 Å². The Morgan fingerprint density at radius 1 is 1.17 bits per heavy atom. The highest BCUT2D eigenvalue weighted by Gasteiger charge is 2.39. The summed E-state index contributed by atoms with van der Waals surface area (Å²) in [4.78, 5) is 17.2. The number of aromatic nitrogens is 2. The van der Waals surface area contributed by atoms with Gasteiger partial charge in [0.25, 0.3) is 5.91 Å². The van der Waals surface area contributed by atoms with E-state index < -0.39 is 0 Å². The van der Waals surface area contributed by atoms with Crippen molar-refractivity contribution in [3.63, 3.8) is 0 Å². The molecule has 0 saturated carbocycles. The van der Waals surface area contributed by atoms with Gasteiger partial charge in [-0.1, -0.05) is 12.1 Å². The van der Waals surface area contributed by atoms with Gasteiger partial charge in [0.05, 0.1) is 5.69 Å². The molecule has 2 aliphatic heterocycles. The maximum absolute atomic E-state index is 13.0. The normalized spacial score (nSPS) is 20.5. The summed E-state index contributed by atoms with van der Waals surface area (Å²) >= 11 is 0. The lowest BCUT2D eigenvalue weighted by molar-refractivity contribution is -0.118. The monoisotopic (exact) mass is 310 g/mol. The predicted molar refractivity (Wildman–Crippen MR) is 90.9 cm³/mol. The molecule has 0 aliphatic carbocycles. The molecular formula is C18H22N4O. The molecule has 1 amide bonds. The van der Waals surface area contributed by atoms with Gasteiger partial charge in [0.15, 0.2) is 0 Å². The molecule has 1 aromatic carbocycles. The molecule has 0 N–H and O–H groups in total. The number of fused-ring (bicyclic) bond motifs is 1. The van der Waals surface area contributed by atoms with Crippen LogP contribution < -0.4 is 9.80 Å². The number of rotatable bonds is 2. The van der Waals surface area contributed by atoms with Gasteiger partial charge in [0, 0.05) is 31.9 Å². The molecule has 0 bridgehead atoms. The molecule has 1 saturated heterocycles. The SMILES string of the molecule is Cc1ccc2c(c1)N(C1CCN(c3cc(C)nn3C)C1=O)CC2. The second kappa shape index (κ2) is 5.11. The molecular weight excluding hydrogens is 288 g/mol. The van der Waals surface area contributed by atoms with Crippen molar-refractivity contribution in [1.82, 2.24) is 9.78 Å². The highest BCUT2D eigenvalue weighted by molar-refractivity contribution is 6.01. The molecule has 0 spiro atoms. The van der Waals surface area contributed by atoms with E-state index in [9.17, 15) is 4.79 Å². The number of aryl methyl sites for hydroxylation is 3. The Labute approximate surface area is 136 Å². The van der Waals surface area contributed by atoms with E-state index in [1.54, 1.807) is 4.68 Å². The van der Waals surface area contributed by atoms with Crippen molar-refractivity contribution >= 4 is 17.4 Å². The molecule has 2 aliphatic rings. The van der Waals surface area contributed by atoms with Crippen molar-refractivity contribution in [2.24, 2.45) is 7.05 Å². The van der Waals surface area contributed by atoms with E-state index in [0.717, 1.165) is 37.4 Å². The largest absolute Gasteiger partial charge is 0.359 e. The Hall–Kier alpha value is -2.30. The third-order valence-corrected chi connectivity index (χ3v) is 4.98. The molecule has 1 fully saturated rings. The number of anilines is 2. The number of benzene rings is 1. The molecule has 1 aromatic heterocycles. The second-order valence-electron chi connectivity index (χ2n) is 6.64. The first-order valence-electron chi connectivity index (χ1n) is 8.23. The fourth-order valence-electron chi connectivity index (χ4n) is 3.87. The Morgan fingerprint density at radius 3 is 2.74 bits per heavy atom. The lowest BCUT2D eigenvalue weighted by atomic mass is 10.1. The quantitative estimate of drug-likeness (QED) is 0.854. The van der Waals surface area contributed by atoms with E-state index in [1.807, 2.05) is 24.9 Å². The average Bonchev–Trinajstić information content (AvgIpc) is 3.16. The van der Waals surface area contributed by atoms with Crippen molar-refractivity contribution in [2.45, 2.75) is 32.7 Å². The van der Waals surface area contributed by atoms with Crippen molar-refractivity contribution in [2.75, 3.05) is 22.9 Å². The van der Waals surface area contributed by atoms with Crippen LogP contribution in [0.15, 0.2) is 24.3 Å². The Kier molecular flexibility index (Phi) is 3.18. The summed E-state index contributed by atoms with van der Waals surface area (Å²) in [5.74, 6) is 1.10. The summed E-state index contributed by atoms with van der Waals surface area (Å²) in [6.07, 6.45) is 1.90. The summed E-state index contributed by atoms with van der Waals surface area (Å²) in [6.45, 7) is 5.77. The van der Waals surface area contributed by atoms with Gasteiger partial charge in [-0.15, -0.1) is 0 Å². The fraction of sp³-hybridized carbons (Fsp3) is 0.444. The molecule has 0 radical (unpaired) electrons. The second-order valence-corrected chi connectivity index (χ2v) is 6.64. The minimum atomic E-state index is -0.0479. The standard InChI is InChI=1S/C18H22N4O/c1-12-4-5-14-6-8-21(16(14)10-12)15-7-9-22(18(15)23)17-11-13(2)19-20(17)3/h4-5,10-11,15H,6-9H2,1-3H3. The number of hydrogen-bond donors (Lipinski definition) is 0. The number of carbonyl (C=O) groups excluding carboxylic acids is 1. The zero-order valence-electron chi connectivity index (χ0n) is 13.9. The minimum Gasteiger partial charge on any atom is -0.359 e. The smallest absolute Gasteiger partial charge is 0.250 e. The zero-order valence-corrected chi connectivity index (χ0v) is 13.9. The maximum Gasteiger partial charge on any atom is 0.250 e. The molecule has 1 atom stereocenters. The highest BCUT2D eigenvalue weighted by Crippen LogP contribution is 2.34. The molecule has 1 unspecified atom stereocenters. The zero-order chi connectivity index (χ0) is 16.1. The van der Waals surface area contributed by atoms with Crippen LogP contribution in [-0.2, 0) is 18.3 Å². The summed E-state index contributed by atoms with van der Waals surface area (Å²) in [5, 5.41) is 4.37. The number of amides is 1. The van der Waals surface area contributed by atoms with Crippen molar-refractivity contribution < 1.29 is 4.79 Å². The van der Waals surface area contributed by atoms with Gasteiger partial charge in [-0.3, -0.25) is 14.4 Å². The topological polar surface area (TPSA) is 41.4 Å². The minimum absolute atomic E-state index is 0.0479. The summed E-state index contributed by atoms with van der Waals surface area (Å²) in [6, 6.07) is 8.51. The Morgan fingerprint density at radius 2 is 2.00 bits per heavy atom. The third-order valence-electron chi connectivity index (χ3n) is 4.98. The van der Waals surface area contributed by atoms with Crippen LogP contribution in [0.25, 0.3) is 0 Å². The van der Waals surface area contributed by atoms with Crippen LogP contribution in [0.3, 0.4) is 0 Å². The van der Waals surface area contributed by atoms with Gasteiger partial charge in [-0.05, 0) is 43.9 Å². The first-order chi connectivity index (χ1) is 11.0. The van der Waals surface area contributed by atoms with Crippen molar-refractivity contribution in [3.05, 3.63) is 41.1 Å². The van der Waals surface area contributed by atoms with Gasteiger partial charge < -0.3 is 4.90 Å². The van der Waals surface area contributed by atoms with Crippen LogP contribution in [0.4, 0.5) is 11.5 Å². The van der Waals surface area contributed by atoms with Crippen LogP contribution in [0.5, 0.6) is 0 Å². The van der Waals surface area contributed by atoms with Crippen LogP contribution in [0, 0.1) is 13.8 Å². The molecule has 2 aromatic rings. The van der Waals surface area contributed by atoms with E-state index >= 15 is 0 Å². The molecule has 5 nitrogen and oxygen atoms in total. The predicted octanol–water partition coefficient (Wildman–Crippen LogP) is 2.20. The van der Waals surface area contributed by atoms with Gasteiger partial charge in [-0.2, -0.15) is 5.10 Å². The van der Waals surface area contributed by atoms with E-state index in [0.29, 0.717) is 0 Å². The lowest BCUT2D eigenvalue weighted by Gasteiger charge is -2.26. The van der Waals surface area contributed by atoms with Crippen LogP contribution in [-0.4, -0.2) is 34.8 Å². The van der Waals surface area contributed by atoms with Gasteiger partial charge in [-0.25, -0.2) is 0 Å². The van der Waals surface area contributed by atoms with Crippen molar-refractivity contribution in [1.29, 1.82) is 0 Å². The first kappa shape index (κ1) is 14.3. The van der Waals surface area contributed by atoms with E-state index in [2.05, 4.69) is 35.1 Å². The lowest BCUT2D eigenvalue weighted by Crippen LogP contribution is -2.41. The average molecular weight is 310 g/mol. The molecule has 5 heteroatoms. The maximum atomic E-state index is 13.0. The molecule has 23 heavy (non-hydrogen) atoms.